The highest BCUT2D eigenvalue weighted by Gasteiger charge is 2.34. The van der Waals surface area contributed by atoms with E-state index in [4.69, 9.17) is 9.47 Å². The first-order valence-electron chi connectivity index (χ1n) is 11.1. The van der Waals surface area contributed by atoms with Gasteiger partial charge < -0.3 is 25.4 Å². The van der Waals surface area contributed by atoms with Crippen LogP contribution in [0.2, 0.25) is 0 Å². The minimum absolute atomic E-state index is 0.0387. The summed E-state index contributed by atoms with van der Waals surface area (Å²) in [6.45, 7) is 19.9. The first kappa shape index (κ1) is 28.8. The van der Waals surface area contributed by atoms with Gasteiger partial charge in [0.05, 0.1) is 23.2 Å². The number of rotatable bonds is 15. The van der Waals surface area contributed by atoms with Gasteiger partial charge in [0.2, 0.25) is 11.8 Å². The van der Waals surface area contributed by atoms with Crippen molar-refractivity contribution in [1.82, 2.24) is 16.0 Å². The Bertz CT molecular complexity index is 543. The molecule has 7 nitrogen and oxygen atoms in total. The molecule has 0 atom stereocenters. The van der Waals surface area contributed by atoms with E-state index in [0.29, 0.717) is 45.6 Å². The molecule has 0 aromatic heterocycles. The summed E-state index contributed by atoms with van der Waals surface area (Å²) in [4.78, 5) is 24.5. The molecule has 3 N–H and O–H groups in total. The Morgan fingerprint density at radius 3 is 2.00 bits per heavy atom. The second-order valence-electron chi connectivity index (χ2n) is 10.6. The lowest BCUT2D eigenvalue weighted by Crippen LogP contribution is -2.51. The Balaban J connectivity index is 4.55. The van der Waals surface area contributed by atoms with E-state index in [1.165, 1.54) is 0 Å². The molecular weight excluding hydrogens is 382 g/mol. The molecular formula is C23H47N3O4. The van der Waals surface area contributed by atoms with Crippen molar-refractivity contribution in [2.45, 2.75) is 98.3 Å². The minimum atomic E-state index is -0.644. The molecule has 0 radical (unpaired) electrons. The molecule has 0 saturated carbocycles. The average Bonchev–Trinajstić information content (AvgIpc) is 2.58. The number of hydrogen-bond acceptors (Lipinski definition) is 5. The average molecular weight is 430 g/mol. The number of likely N-dealkylation sites (N-methyl/N-ethyl adjacent to an activating group) is 1. The maximum atomic E-state index is 12.9. The summed E-state index contributed by atoms with van der Waals surface area (Å²) in [5.41, 5.74) is -1.79. The van der Waals surface area contributed by atoms with Crippen molar-refractivity contribution < 1.29 is 19.1 Å². The van der Waals surface area contributed by atoms with Gasteiger partial charge in [0.15, 0.2) is 0 Å². The van der Waals surface area contributed by atoms with E-state index in [2.05, 4.69) is 16.0 Å². The predicted octanol–water partition coefficient (Wildman–Crippen LogP) is 3.02. The SMILES string of the molecule is CCNC(=O)CCC(C)(C)OCCC(C)(C)NC(=O)C(C)(C)COC(C)(C)CNC. The topological polar surface area (TPSA) is 88.7 Å². The fraction of sp³-hybridized carbons (Fsp3) is 0.913. The van der Waals surface area contributed by atoms with Crippen molar-refractivity contribution in [3.8, 4) is 0 Å². The third kappa shape index (κ3) is 12.5. The van der Waals surface area contributed by atoms with E-state index in [0.717, 1.165) is 0 Å². The van der Waals surface area contributed by atoms with Gasteiger partial charge in [0.1, 0.15) is 0 Å². The molecule has 0 bridgehead atoms. The number of amides is 2. The number of ether oxygens (including phenoxy) is 2. The minimum Gasteiger partial charge on any atom is -0.375 e. The molecule has 0 aliphatic rings. The van der Waals surface area contributed by atoms with Crippen molar-refractivity contribution >= 4 is 11.8 Å². The summed E-state index contributed by atoms with van der Waals surface area (Å²) in [5.74, 6) is 0.00682. The van der Waals surface area contributed by atoms with E-state index >= 15 is 0 Å². The molecule has 7 heteroatoms. The molecule has 0 aromatic carbocycles. The first-order chi connectivity index (χ1) is 13.6. The van der Waals surface area contributed by atoms with Crippen LogP contribution in [0.3, 0.4) is 0 Å². The van der Waals surface area contributed by atoms with E-state index in [1.807, 2.05) is 69.4 Å². The molecule has 0 rings (SSSR count). The van der Waals surface area contributed by atoms with Crippen LogP contribution in [0, 0.1) is 5.41 Å². The highest BCUT2D eigenvalue weighted by molar-refractivity contribution is 5.82. The molecule has 0 unspecified atom stereocenters. The zero-order valence-corrected chi connectivity index (χ0v) is 21.1. The van der Waals surface area contributed by atoms with E-state index in [9.17, 15) is 9.59 Å². The van der Waals surface area contributed by atoms with Gasteiger partial charge in [-0.25, -0.2) is 0 Å². The van der Waals surface area contributed by atoms with Crippen LogP contribution in [-0.2, 0) is 19.1 Å². The van der Waals surface area contributed by atoms with Crippen LogP contribution in [0.4, 0.5) is 0 Å². The van der Waals surface area contributed by atoms with Crippen LogP contribution in [0.25, 0.3) is 0 Å². The van der Waals surface area contributed by atoms with Crippen molar-refractivity contribution in [2.24, 2.45) is 5.41 Å². The molecule has 0 aliphatic carbocycles. The van der Waals surface area contributed by atoms with Gasteiger partial charge in [-0.2, -0.15) is 0 Å². The highest BCUT2D eigenvalue weighted by Crippen LogP contribution is 2.23. The smallest absolute Gasteiger partial charge is 0.228 e. The normalized spacial score (nSPS) is 13.3. The van der Waals surface area contributed by atoms with E-state index in [1.54, 1.807) is 0 Å². The zero-order valence-electron chi connectivity index (χ0n) is 21.1. The second-order valence-corrected chi connectivity index (χ2v) is 10.6. The summed E-state index contributed by atoms with van der Waals surface area (Å²) < 4.78 is 12.0. The standard InChI is InChI=1S/C23H47N3O4/c1-11-25-18(27)12-13-22(6,7)29-15-14-21(4,5)26-19(28)20(2,3)17-30-23(8,9)16-24-10/h24H,11-17H2,1-10H3,(H,25,27)(H,26,28). The maximum absolute atomic E-state index is 12.9. The molecule has 2 amide bonds. The molecule has 0 aromatic rings. The Morgan fingerprint density at radius 2 is 1.47 bits per heavy atom. The molecule has 0 saturated heterocycles. The van der Waals surface area contributed by atoms with E-state index < -0.39 is 16.6 Å². The fourth-order valence-electron chi connectivity index (χ4n) is 2.81. The van der Waals surface area contributed by atoms with Gasteiger partial charge in [0, 0.05) is 31.7 Å². The number of carbonyl (C=O) groups is 2. The maximum Gasteiger partial charge on any atom is 0.228 e. The fourth-order valence-corrected chi connectivity index (χ4v) is 2.81. The van der Waals surface area contributed by atoms with Crippen LogP contribution in [0.5, 0.6) is 0 Å². The third-order valence-electron chi connectivity index (χ3n) is 5.04. The Hall–Kier alpha value is -1.18. The van der Waals surface area contributed by atoms with Gasteiger partial charge in [-0.1, -0.05) is 0 Å². The first-order valence-corrected chi connectivity index (χ1v) is 11.1. The summed E-state index contributed by atoms with van der Waals surface area (Å²) in [6.07, 6.45) is 1.77. The molecule has 0 aliphatic heterocycles. The van der Waals surface area contributed by atoms with Crippen LogP contribution in [0.15, 0.2) is 0 Å². The lowest BCUT2D eigenvalue weighted by molar-refractivity contribution is -0.138. The number of carbonyl (C=O) groups excluding carboxylic acids is 2. The molecule has 30 heavy (non-hydrogen) atoms. The van der Waals surface area contributed by atoms with E-state index in [-0.39, 0.29) is 17.4 Å². The predicted molar refractivity (Wildman–Crippen MR) is 123 cm³/mol. The number of hydrogen-bond donors (Lipinski definition) is 3. The lowest BCUT2D eigenvalue weighted by Gasteiger charge is -2.35. The summed E-state index contributed by atoms with van der Waals surface area (Å²) in [5, 5.41) is 9.05. The van der Waals surface area contributed by atoms with Gasteiger partial charge in [-0.05, 0) is 82.2 Å². The summed E-state index contributed by atoms with van der Waals surface area (Å²) in [7, 11) is 1.88. The number of nitrogens with one attached hydrogen (secondary N) is 3. The zero-order chi connectivity index (χ0) is 23.6. The molecule has 0 fully saturated rings. The Kier molecular flexibility index (Phi) is 11.5. The third-order valence-corrected chi connectivity index (χ3v) is 5.04. The van der Waals surface area contributed by atoms with Crippen molar-refractivity contribution in [1.29, 1.82) is 0 Å². The molecule has 0 spiro atoms. The van der Waals surface area contributed by atoms with Crippen LogP contribution in [0.1, 0.15) is 81.6 Å². The van der Waals surface area contributed by atoms with Gasteiger partial charge in [-0.3, -0.25) is 9.59 Å². The molecule has 178 valence electrons. The van der Waals surface area contributed by atoms with Gasteiger partial charge >= 0.3 is 0 Å². The lowest BCUT2D eigenvalue weighted by atomic mass is 9.90. The van der Waals surface area contributed by atoms with Gasteiger partial charge in [0.25, 0.3) is 0 Å². The summed E-state index contributed by atoms with van der Waals surface area (Å²) >= 11 is 0. The Labute approximate surface area is 184 Å². The van der Waals surface area contributed by atoms with Crippen molar-refractivity contribution in [3.05, 3.63) is 0 Å². The second kappa shape index (κ2) is 12.0. The van der Waals surface area contributed by atoms with Crippen LogP contribution >= 0.6 is 0 Å². The van der Waals surface area contributed by atoms with Gasteiger partial charge in [-0.15, -0.1) is 0 Å². The summed E-state index contributed by atoms with van der Waals surface area (Å²) in [6, 6.07) is 0. The van der Waals surface area contributed by atoms with Crippen LogP contribution in [-0.4, -0.2) is 61.9 Å². The highest BCUT2D eigenvalue weighted by atomic mass is 16.5. The monoisotopic (exact) mass is 429 g/mol. The Morgan fingerprint density at radius 1 is 0.867 bits per heavy atom. The van der Waals surface area contributed by atoms with Crippen LogP contribution < -0.4 is 16.0 Å². The van der Waals surface area contributed by atoms with Crippen molar-refractivity contribution in [2.75, 3.05) is 33.4 Å². The molecule has 0 heterocycles. The largest absolute Gasteiger partial charge is 0.375 e. The van der Waals surface area contributed by atoms with Crippen molar-refractivity contribution in [3.63, 3.8) is 0 Å². The quantitative estimate of drug-likeness (QED) is 0.372.